The fraction of sp³-hybridized carbons (Fsp3) is 0.375. The van der Waals surface area contributed by atoms with Crippen molar-refractivity contribution in [3.05, 3.63) is 62.8 Å². The van der Waals surface area contributed by atoms with Gasteiger partial charge in [-0.2, -0.15) is 0 Å². The molecule has 0 atom stereocenters. The fourth-order valence-corrected chi connectivity index (χ4v) is 3.57. The van der Waals surface area contributed by atoms with Gasteiger partial charge in [-0.15, -0.1) is 0 Å². The summed E-state index contributed by atoms with van der Waals surface area (Å²) in [7, 11) is 2.96. The first kappa shape index (κ1) is 23.9. The number of ether oxygens (including phenoxy) is 3. The maximum atomic E-state index is 12.8. The van der Waals surface area contributed by atoms with Crippen LogP contribution in [-0.4, -0.2) is 36.3 Å². The molecule has 0 unspecified atom stereocenters. The van der Waals surface area contributed by atoms with Crippen molar-refractivity contribution in [3.63, 3.8) is 0 Å². The number of aromatic nitrogens is 2. The lowest BCUT2D eigenvalue weighted by molar-refractivity contribution is -0.121. The van der Waals surface area contributed by atoms with Crippen LogP contribution >= 0.6 is 0 Å². The maximum absolute atomic E-state index is 12.8. The molecule has 2 aromatic carbocycles. The summed E-state index contributed by atoms with van der Waals surface area (Å²) in [6, 6.07) is 10.7. The van der Waals surface area contributed by atoms with Crippen molar-refractivity contribution in [3.8, 4) is 17.2 Å². The number of nitrogens with one attached hydrogen (secondary N) is 2. The second-order valence-electron chi connectivity index (χ2n) is 7.41. The van der Waals surface area contributed by atoms with Gasteiger partial charge in [0.05, 0.1) is 31.7 Å². The minimum atomic E-state index is -0.503. The number of benzene rings is 2. The Hall–Kier alpha value is -3.75. The molecule has 3 rings (SSSR count). The molecule has 0 saturated heterocycles. The summed E-state index contributed by atoms with van der Waals surface area (Å²) in [4.78, 5) is 40.2. The van der Waals surface area contributed by atoms with E-state index in [-0.39, 0.29) is 12.5 Å². The molecule has 0 aliphatic heterocycles. The highest BCUT2D eigenvalue weighted by atomic mass is 16.5. The molecular weight excluding hydrogens is 426 g/mol. The number of aromatic amines is 1. The summed E-state index contributed by atoms with van der Waals surface area (Å²) >= 11 is 0. The van der Waals surface area contributed by atoms with Crippen molar-refractivity contribution in [2.24, 2.45) is 0 Å². The van der Waals surface area contributed by atoms with E-state index in [4.69, 9.17) is 14.2 Å². The largest absolute Gasteiger partial charge is 0.494 e. The van der Waals surface area contributed by atoms with Crippen LogP contribution in [0.15, 0.2) is 46.0 Å². The summed E-state index contributed by atoms with van der Waals surface area (Å²) in [5.41, 5.74) is 0.378. The average Bonchev–Trinajstić information content (AvgIpc) is 2.82. The van der Waals surface area contributed by atoms with Crippen molar-refractivity contribution in [1.82, 2.24) is 14.9 Å². The molecule has 0 fully saturated rings. The minimum absolute atomic E-state index is 0.0992. The second-order valence-corrected chi connectivity index (χ2v) is 7.41. The van der Waals surface area contributed by atoms with Gasteiger partial charge >= 0.3 is 5.69 Å². The molecule has 9 nitrogen and oxygen atoms in total. The molecule has 9 heteroatoms. The third kappa shape index (κ3) is 5.74. The van der Waals surface area contributed by atoms with Gasteiger partial charge < -0.3 is 24.5 Å². The van der Waals surface area contributed by atoms with E-state index in [0.29, 0.717) is 54.8 Å². The number of rotatable bonds is 11. The monoisotopic (exact) mass is 455 g/mol. The number of para-hydroxylation sites is 1. The van der Waals surface area contributed by atoms with Gasteiger partial charge in [0.2, 0.25) is 5.91 Å². The Morgan fingerprint density at radius 1 is 1.03 bits per heavy atom. The van der Waals surface area contributed by atoms with Crippen molar-refractivity contribution in [2.75, 3.05) is 20.8 Å². The normalized spacial score (nSPS) is 10.8. The van der Waals surface area contributed by atoms with E-state index in [1.165, 1.54) is 14.2 Å². The molecular formula is C24H29N3O6. The SMILES string of the molecule is CCOc1ccccc1CNC(=O)CCCCn1c(=O)[nH]c2cc(OC)c(OC)cc2c1=O. The van der Waals surface area contributed by atoms with Crippen LogP contribution in [0.1, 0.15) is 31.7 Å². The van der Waals surface area contributed by atoms with E-state index < -0.39 is 11.2 Å². The van der Waals surface area contributed by atoms with E-state index in [1.54, 1.807) is 12.1 Å². The number of methoxy groups -OCH3 is 2. The number of hydrogen-bond acceptors (Lipinski definition) is 6. The topological polar surface area (TPSA) is 112 Å². The zero-order valence-corrected chi connectivity index (χ0v) is 19.1. The highest BCUT2D eigenvalue weighted by Crippen LogP contribution is 2.29. The number of carbonyl (C=O) groups excluding carboxylic acids is 1. The number of H-pyrrole nitrogens is 1. The van der Waals surface area contributed by atoms with Gasteiger partial charge in [-0.3, -0.25) is 14.2 Å². The van der Waals surface area contributed by atoms with Gasteiger partial charge in [0.25, 0.3) is 5.56 Å². The van der Waals surface area contributed by atoms with Gasteiger partial charge in [0.15, 0.2) is 11.5 Å². The molecule has 33 heavy (non-hydrogen) atoms. The van der Waals surface area contributed by atoms with Crippen LogP contribution in [0.3, 0.4) is 0 Å². The molecule has 2 N–H and O–H groups in total. The van der Waals surface area contributed by atoms with E-state index in [2.05, 4.69) is 10.3 Å². The lowest BCUT2D eigenvalue weighted by atomic mass is 10.2. The Kier molecular flexibility index (Phi) is 8.12. The zero-order chi connectivity index (χ0) is 23.8. The minimum Gasteiger partial charge on any atom is -0.494 e. The van der Waals surface area contributed by atoms with Gasteiger partial charge in [-0.05, 0) is 31.9 Å². The molecule has 0 saturated carbocycles. The Bertz CT molecular complexity index is 1230. The zero-order valence-electron chi connectivity index (χ0n) is 19.1. The molecule has 0 bridgehead atoms. The Morgan fingerprint density at radius 2 is 1.76 bits per heavy atom. The third-order valence-corrected chi connectivity index (χ3v) is 5.27. The van der Waals surface area contributed by atoms with Crippen LogP contribution in [0.25, 0.3) is 10.9 Å². The number of unbranched alkanes of at least 4 members (excludes halogenated alkanes) is 1. The van der Waals surface area contributed by atoms with Crippen LogP contribution in [0, 0.1) is 0 Å². The van der Waals surface area contributed by atoms with Crippen LogP contribution in [0.2, 0.25) is 0 Å². The summed E-state index contributed by atoms with van der Waals surface area (Å²) in [6.07, 6.45) is 1.33. The van der Waals surface area contributed by atoms with Crippen molar-refractivity contribution < 1.29 is 19.0 Å². The quantitative estimate of drug-likeness (QED) is 0.430. The van der Waals surface area contributed by atoms with Crippen molar-refractivity contribution >= 4 is 16.8 Å². The van der Waals surface area contributed by atoms with Gasteiger partial charge in [0.1, 0.15) is 5.75 Å². The molecule has 1 heterocycles. The highest BCUT2D eigenvalue weighted by Gasteiger charge is 2.13. The summed E-state index contributed by atoms with van der Waals surface area (Å²) in [6.45, 7) is 3.05. The Morgan fingerprint density at radius 3 is 2.48 bits per heavy atom. The predicted molar refractivity (Wildman–Crippen MR) is 125 cm³/mol. The number of amides is 1. The van der Waals surface area contributed by atoms with E-state index >= 15 is 0 Å². The van der Waals surface area contributed by atoms with Crippen LogP contribution in [0.5, 0.6) is 17.2 Å². The summed E-state index contributed by atoms with van der Waals surface area (Å²) in [5, 5.41) is 3.22. The lowest BCUT2D eigenvalue weighted by Gasteiger charge is -2.11. The first-order valence-electron chi connectivity index (χ1n) is 10.8. The first-order chi connectivity index (χ1) is 16.0. The molecule has 0 radical (unpaired) electrons. The van der Waals surface area contributed by atoms with E-state index in [9.17, 15) is 14.4 Å². The number of carbonyl (C=O) groups is 1. The van der Waals surface area contributed by atoms with Crippen LogP contribution in [0.4, 0.5) is 0 Å². The predicted octanol–water partition coefficient (Wildman–Crippen LogP) is 2.59. The van der Waals surface area contributed by atoms with Crippen molar-refractivity contribution in [1.29, 1.82) is 0 Å². The molecule has 0 aliphatic rings. The average molecular weight is 456 g/mol. The van der Waals surface area contributed by atoms with E-state index in [0.717, 1.165) is 15.9 Å². The summed E-state index contributed by atoms with van der Waals surface area (Å²) < 4.78 is 17.2. The molecule has 176 valence electrons. The highest BCUT2D eigenvalue weighted by molar-refractivity contribution is 5.81. The number of nitrogens with zero attached hydrogens (tertiary/aromatic N) is 1. The van der Waals surface area contributed by atoms with Crippen molar-refractivity contribution in [2.45, 2.75) is 39.3 Å². The third-order valence-electron chi connectivity index (χ3n) is 5.27. The summed E-state index contributed by atoms with van der Waals surface area (Å²) in [5.74, 6) is 1.48. The smallest absolute Gasteiger partial charge is 0.328 e. The molecule has 3 aromatic rings. The lowest BCUT2D eigenvalue weighted by Crippen LogP contribution is -2.35. The molecule has 1 aromatic heterocycles. The fourth-order valence-electron chi connectivity index (χ4n) is 3.57. The van der Waals surface area contributed by atoms with Crippen LogP contribution < -0.4 is 30.8 Å². The first-order valence-corrected chi connectivity index (χ1v) is 10.8. The van der Waals surface area contributed by atoms with E-state index in [1.807, 2.05) is 31.2 Å². The van der Waals surface area contributed by atoms with Gasteiger partial charge in [-0.25, -0.2) is 4.79 Å². The maximum Gasteiger partial charge on any atom is 0.328 e. The Balaban J connectivity index is 1.58. The molecule has 0 aliphatic carbocycles. The molecule has 0 spiro atoms. The molecule has 1 amide bonds. The number of hydrogen-bond donors (Lipinski definition) is 2. The van der Waals surface area contributed by atoms with Gasteiger partial charge in [-0.1, -0.05) is 18.2 Å². The second kappa shape index (κ2) is 11.2. The Labute approximate surface area is 191 Å². The van der Waals surface area contributed by atoms with Gasteiger partial charge in [0, 0.05) is 31.1 Å². The standard InChI is InChI=1S/C24H29N3O6/c1-4-33-19-10-6-5-9-16(19)15-25-22(28)11-7-8-12-27-23(29)17-13-20(31-2)21(32-3)14-18(17)26-24(27)30/h5-6,9-10,13-14H,4,7-8,11-12,15H2,1-3H3,(H,25,28)(H,26,30). The number of fused-ring (bicyclic) bond motifs is 1. The van der Waals surface area contributed by atoms with Crippen LogP contribution in [-0.2, 0) is 17.9 Å².